The van der Waals surface area contributed by atoms with E-state index in [0.29, 0.717) is 17.9 Å². The topological polar surface area (TPSA) is 38.1 Å². The van der Waals surface area contributed by atoms with Gasteiger partial charge in [-0.25, -0.2) is 17.9 Å². The van der Waals surface area contributed by atoms with Gasteiger partial charge >= 0.3 is 0 Å². The third kappa shape index (κ3) is 3.38. The minimum absolute atomic E-state index is 0.146. The van der Waals surface area contributed by atoms with Crippen molar-refractivity contribution in [3.63, 3.8) is 0 Å². The van der Waals surface area contributed by atoms with Gasteiger partial charge in [-0.2, -0.15) is 5.10 Å². The molecule has 30 heavy (non-hydrogen) atoms. The molecule has 154 valence electrons. The zero-order valence-electron chi connectivity index (χ0n) is 16.2. The number of rotatable bonds is 5. The van der Waals surface area contributed by atoms with Crippen LogP contribution in [0.15, 0.2) is 42.5 Å². The number of carbonyl (C=O) groups is 1. The number of halogens is 3. The maximum Gasteiger partial charge on any atom is 0.275 e. The summed E-state index contributed by atoms with van der Waals surface area (Å²) in [7, 11) is 0. The lowest BCUT2D eigenvalue weighted by Gasteiger charge is -2.22. The highest BCUT2D eigenvalue weighted by molar-refractivity contribution is 5.94. The molecule has 0 saturated heterocycles. The molecule has 3 aromatic rings. The number of benzene rings is 2. The maximum absolute atomic E-state index is 13.8. The van der Waals surface area contributed by atoms with E-state index in [4.69, 9.17) is 0 Å². The van der Waals surface area contributed by atoms with Crippen molar-refractivity contribution < 1.29 is 18.0 Å². The molecule has 0 aliphatic heterocycles. The molecule has 4 nitrogen and oxygen atoms in total. The Bertz CT molecular complexity index is 1120. The Hall–Kier alpha value is -3.09. The van der Waals surface area contributed by atoms with Gasteiger partial charge in [0.1, 0.15) is 5.82 Å². The Morgan fingerprint density at radius 2 is 1.80 bits per heavy atom. The monoisotopic (exact) mass is 411 g/mol. The molecule has 1 saturated carbocycles. The quantitative estimate of drug-likeness (QED) is 0.616. The SMILES string of the molecule is O=C(c1nn(-c2ccc(F)c(F)c2)c2c1CCC2)N(Cc1ccc(F)cc1)C1CC1. The van der Waals surface area contributed by atoms with Crippen LogP contribution in [0.3, 0.4) is 0 Å². The van der Waals surface area contributed by atoms with Gasteiger partial charge in [-0.1, -0.05) is 12.1 Å². The summed E-state index contributed by atoms with van der Waals surface area (Å²) in [6.07, 6.45) is 4.21. The molecule has 0 atom stereocenters. The molecule has 0 unspecified atom stereocenters. The Morgan fingerprint density at radius 3 is 2.50 bits per heavy atom. The molecule has 2 aliphatic carbocycles. The highest BCUT2D eigenvalue weighted by Crippen LogP contribution is 2.33. The molecule has 0 radical (unpaired) electrons. The van der Waals surface area contributed by atoms with Gasteiger partial charge in [0.25, 0.3) is 5.91 Å². The first-order valence-electron chi connectivity index (χ1n) is 10.1. The number of fused-ring (bicyclic) bond motifs is 1. The van der Waals surface area contributed by atoms with Crippen LogP contribution < -0.4 is 0 Å². The van der Waals surface area contributed by atoms with E-state index in [1.807, 2.05) is 0 Å². The van der Waals surface area contributed by atoms with Crippen LogP contribution in [0, 0.1) is 17.5 Å². The Kier molecular flexibility index (Phi) is 4.60. The van der Waals surface area contributed by atoms with Crippen LogP contribution in [0.4, 0.5) is 13.2 Å². The van der Waals surface area contributed by atoms with E-state index in [0.717, 1.165) is 61.1 Å². The van der Waals surface area contributed by atoms with Crippen molar-refractivity contribution in [1.29, 1.82) is 0 Å². The smallest absolute Gasteiger partial charge is 0.275 e. The number of hydrogen-bond acceptors (Lipinski definition) is 2. The predicted molar refractivity (Wildman–Crippen MR) is 105 cm³/mol. The van der Waals surface area contributed by atoms with Gasteiger partial charge in [0, 0.05) is 29.9 Å². The highest BCUT2D eigenvalue weighted by Gasteiger charge is 2.37. The minimum atomic E-state index is -0.946. The molecular weight excluding hydrogens is 391 g/mol. The zero-order chi connectivity index (χ0) is 20.8. The van der Waals surface area contributed by atoms with Crippen LogP contribution in [0.1, 0.15) is 46.6 Å². The second-order valence-electron chi connectivity index (χ2n) is 7.93. The van der Waals surface area contributed by atoms with E-state index in [9.17, 15) is 18.0 Å². The van der Waals surface area contributed by atoms with E-state index in [1.54, 1.807) is 21.7 Å². The van der Waals surface area contributed by atoms with Crippen molar-refractivity contribution in [1.82, 2.24) is 14.7 Å². The van der Waals surface area contributed by atoms with E-state index >= 15 is 0 Å². The average Bonchev–Trinajstić information content (AvgIpc) is 3.35. The largest absolute Gasteiger partial charge is 0.330 e. The molecule has 0 spiro atoms. The third-order valence-electron chi connectivity index (χ3n) is 5.80. The first-order valence-corrected chi connectivity index (χ1v) is 10.1. The van der Waals surface area contributed by atoms with Crippen molar-refractivity contribution in [3.8, 4) is 5.69 Å². The maximum atomic E-state index is 13.8. The van der Waals surface area contributed by atoms with Crippen molar-refractivity contribution in [3.05, 3.63) is 82.4 Å². The van der Waals surface area contributed by atoms with Crippen LogP contribution in [0.5, 0.6) is 0 Å². The van der Waals surface area contributed by atoms with E-state index < -0.39 is 11.6 Å². The summed E-state index contributed by atoms with van der Waals surface area (Å²) in [6, 6.07) is 9.93. The highest BCUT2D eigenvalue weighted by atomic mass is 19.2. The molecular formula is C23H20F3N3O. The van der Waals surface area contributed by atoms with Crippen LogP contribution in [0.25, 0.3) is 5.69 Å². The summed E-state index contributed by atoms with van der Waals surface area (Å²) in [4.78, 5) is 15.3. The molecule has 0 bridgehead atoms. The normalized spacial score (nSPS) is 15.3. The average molecular weight is 411 g/mol. The van der Waals surface area contributed by atoms with Crippen LogP contribution in [-0.2, 0) is 19.4 Å². The number of hydrogen-bond donors (Lipinski definition) is 0. The van der Waals surface area contributed by atoms with Gasteiger partial charge in [0.05, 0.1) is 5.69 Å². The minimum Gasteiger partial charge on any atom is -0.330 e. The molecule has 0 N–H and O–H groups in total. The van der Waals surface area contributed by atoms with Crippen molar-refractivity contribution in [2.75, 3.05) is 0 Å². The summed E-state index contributed by atoms with van der Waals surface area (Å²) < 4.78 is 42.0. The van der Waals surface area contributed by atoms with Crippen molar-refractivity contribution in [2.45, 2.75) is 44.7 Å². The lowest BCUT2D eigenvalue weighted by atomic mass is 10.1. The Labute approximate surface area is 171 Å². The van der Waals surface area contributed by atoms with Gasteiger partial charge < -0.3 is 4.90 Å². The fraction of sp³-hybridized carbons (Fsp3) is 0.304. The third-order valence-corrected chi connectivity index (χ3v) is 5.80. The predicted octanol–water partition coefficient (Wildman–Crippen LogP) is 4.58. The second kappa shape index (κ2) is 7.31. The van der Waals surface area contributed by atoms with Crippen LogP contribution >= 0.6 is 0 Å². The van der Waals surface area contributed by atoms with Gasteiger partial charge in [0.15, 0.2) is 17.3 Å². The van der Waals surface area contributed by atoms with Crippen LogP contribution in [0.2, 0.25) is 0 Å². The zero-order valence-corrected chi connectivity index (χ0v) is 16.2. The second-order valence-corrected chi connectivity index (χ2v) is 7.93. The molecule has 1 fully saturated rings. The first kappa shape index (κ1) is 18.9. The summed E-state index contributed by atoms with van der Waals surface area (Å²) in [6.45, 7) is 0.386. The molecule has 7 heteroatoms. The Morgan fingerprint density at radius 1 is 1.03 bits per heavy atom. The number of aromatic nitrogens is 2. The summed E-state index contributed by atoms with van der Waals surface area (Å²) >= 11 is 0. The Balaban J connectivity index is 1.50. The van der Waals surface area contributed by atoms with Gasteiger partial charge in [-0.15, -0.1) is 0 Å². The van der Waals surface area contributed by atoms with E-state index in [1.165, 1.54) is 18.2 Å². The molecule has 1 aromatic heterocycles. The van der Waals surface area contributed by atoms with Gasteiger partial charge in [-0.05, 0) is 61.9 Å². The van der Waals surface area contributed by atoms with E-state index in [-0.39, 0.29) is 17.8 Å². The van der Waals surface area contributed by atoms with E-state index in [2.05, 4.69) is 5.10 Å². The fourth-order valence-corrected chi connectivity index (χ4v) is 4.11. The molecule has 2 aromatic carbocycles. The van der Waals surface area contributed by atoms with Crippen molar-refractivity contribution in [2.24, 2.45) is 0 Å². The fourth-order valence-electron chi connectivity index (χ4n) is 4.11. The molecule has 1 amide bonds. The van der Waals surface area contributed by atoms with Crippen molar-refractivity contribution >= 4 is 5.91 Å². The number of amides is 1. The molecule has 2 aliphatic rings. The standard InChI is InChI=1S/C23H20F3N3O/c24-15-6-4-14(5-7-15)13-28(16-8-9-16)23(30)22-18-2-1-3-21(18)29(27-22)17-10-11-19(25)20(26)12-17/h4-7,10-12,16H,1-3,8-9,13H2. The first-order chi connectivity index (χ1) is 14.5. The molecule has 5 rings (SSSR count). The summed E-state index contributed by atoms with van der Waals surface area (Å²) in [5.74, 6) is -2.34. The molecule has 1 heterocycles. The van der Waals surface area contributed by atoms with Gasteiger partial charge in [0.2, 0.25) is 0 Å². The van der Waals surface area contributed by atoms with Gasteiger partial charge in [-0.3, -0.25) is 4.79 Å². The lowest BCUT2D eigenvalue weighted by molar-refractivity contribution is 0.0722. The number of nitrogens with zero attached hydrogens (tertiary/aromatic N) is 3. The summed E-state index contributed by atoms with van der Waals surface area (Å²) in [5, 5.41) is 4.54. The van der Waals surface area contributed by atoms with Crippen LogP contribution in [-0.4, -0.2) is 26.6 Å². The number of carbonyl (C=O) groups excluding carboxylic acids is 1. The summed E-state index contributed by atoms with van der Waals surface area (Å²) in [5.41, 5.74) is 3.40. The lowest BCUT2D eigenvalue weighted by Crippen LogP contribution is -2.33.